The van der Waals surface area contributed by atoms with E-state index in [2.05, 4.69) is 37.2 Å². The van der Waals surface area contributed by atoms with Crippen molar-refractivity contribution in [3.05, 3.63) is 18.2 Å². The van der Waals surface area contributed by atoms with Crippen LogP contribution in [-0.2, 0) is 11.3 Å². The van der Waals surface area contributed by atoms with Crippen molar-refractivity contribution in [2.24, 2.45) is 17.6 Å². The molecule has 0 aromatic carbocycles. The minimum Gasteiger partial charge on any atom is -0.375 e. The van der Waals surface area contributed by atoms with Crippen LogP contribution in [0.3, 0.4) is 0 Å². The molecule has 5 atom stereocenters. The van der Waals surface area contributed by atoms with Gasteiger partial charge in [-0.2, -0.15) is 0 Å². The summed E-state index contributed by atoms with van der Waals surface area (Å²) >= 11 is 0. The summed E-state index contributed by atoms with van der Waals surface area (Å²) in [4.78, 5) is 4.46. The standard InChI is InChI=1S/C14H25N3O/c1-5-7-17-8-6-16-14(17)13(15)12-9(2)10(3)18-11(12)4/h6,8-13H,5,7,15H2,1-4H3. The minimum atomic E-state index is -0.0403. The summed E-state index contributed by atoms with van der Waals surface area (Å²) in [7, 11) is 0. The monoisotopic (exact) mass is 251 g/mol. The molecule has 2 N–H and O–H groups in total. The highest BCUT2D eigenvalue weighted by atomic mass is 16.5. The molecule has 5 unspecified atom stereocenters. The van der Waals surface area contributed by atoms with E-state index in [1.165, 1.54) is 0 Å². The molecule has 1 aromatic rings. The molecule has 0 spiro atoms. The zero-order valence-electron chi connectivity index (χ0n) is 11.8. The normalized spacial score (nSPS) is 33.8. The van der Waals surface area contributed by atoms with Crippen LogP contribution in [0.5, 0.6) is 0 Å². The molecule has 0 bridgehead atoms. The van der Waals surface area contributed by atoms with Gasteiger partial charge in [0.15, 0.2) is 0 Å². The number of aromatic nitrogens is 2. The number of nitrogens with zero attached hydrogens (tertiary/aromatic N) is 2. The minimum absolute atomic E-state index is 0.0403. The number of aryl methyl sites for hydroxylation is 1. The van der Waals surface area contributed by atoms with Gasteiger partial charge >= 0.3 is 0 Å². The zero-order chi connectivity index (χ0) is 13.3. The van der Waals surface area contributed by atoms with Crippen molar-refractivity contribution in [2.75, 3.05) is 0 Å². The van der Waals surface area contributed by atoms with Gasteiger partial charge in [-0.25, -0.2) is 4.98 Å². The van der Waals surface area contributed by atoms with Crippen molar-refractivity contribution >= 4 is 0 Å². The molecule has 0 radical (unpaired) electrons. The third-order valence-corrected chi connectivity index (χ3v) is 4.24. The van der Waals surface area contributed by atoms with E-state index in [0.29, 0.717) is 11.8 Å². The van der Waals surface area contributed by atoms with E-state index in [1.807, 2.05) is 12.4 Å². The predicted molar refractivity (Wildman–Crippen MR) is 72.1 cm³/mol. The molecule has 4 nitrogen and oxygen atoms in total. The zero-order valence-corrected chi connectivity index (χ0v) is 11.8. The van der Waals surface area contributed by atoms with Gasteiger partial charge in [0.05, 0.1) is 18.2 Å². The maximum atomic E-state index is 6.46. The first kappa shape index (κ1) is 13.6. The Balaban J connectivity index is 2.20. The lowest BCUT2D eigenvalue weighted by Gasteiger charge is -2.25. The molecule has 0 saturated carbocycles. The Labute approximate surface area is 110 Å². The summed E-state index contributed by atoms with van der Waals surface area (Å²) in [6, 6.07) is -0.0403. The summed E-state index contributed by atoms with van der Waals surface area (Å²) < 4.78 is 8.06. The molecule has 0 aliphatic carbocycles. The Hall–Kier alpha value is -0.870. The van der Waals surface area contributed by atoms with E-state index in [4.69, 9.17) is 10.5 Å². The summed E-state index contributed by atoms with van der Waals surface area (Å²) in [6.07, 6.45) is 5.45. The third kappa shape index (κ3) is 2.31. The third-order valence-electron chi connectivity index (χ3n) is 4.24. The fourth-order valence-corrected chi connectivity index (χ4v) is 3.13. The molecule has 4 heteroatoms. The van der Waals surface area contributed by atoms with E-state index in [0.717, 1.165) is 18.8 Å². The van der Waals surface area contributed by atoms with Crippen molar-refractivity contribution in [3.63, 3.8) is 0 Å². The highest BCUT2D eigenvalue weighted by Crippen LogP contribution is 2.38. The van der Waals surface area contributed by atoms with Crippen molar-refractivity contribution in [2.45, 2.75) is 58.9 Å². The number of imidazole rings is 1. The first-order valence-corrected chi connectivity index (χ1v) is 6.98. The van der Waals surface area contributed by atoms with Crippen LogP contribution in [0.2, 0.25) is 0 Å². The van der Waals surface area contributed by atoms with E-state index in [1.54, 1.807) is 0 Å². The molecule has 18 heavy (non-hydrogen) atoms. The van der Waals surface area contributed by atoms with E-state index >= 15 is 0 Å². The Kier molecular flexibility index (Phi) is 4.07. The Bertz CT molecular complexity index is 390. The number of ether oxygens (including phenoxy) is 1. The van der Waals surface area contributed by atoms with Crippen LogP contribution in [0.4, 0.5) is 0 Å². The van der Waals surface area contributed by atoms with Gasteiger partial charge in [-0.1, -0.05) is 13.8 Å². The molecular formula is C14H25N3O. The number of nitrogens with two attached hydrogens (primary N) is 1. The van der Waals surface area contributed by atoms with Gasteiger partial charge in [-0.05, 0) is 26.2 Å². The van der Waals surface area contributed by atoms with Crippen LogP contribution in [-0.4, -0.2) is 21.8 Å². The van der Waals surface area contributed by atoms with Crippen LogP contribution >= 0.6 is 0 Å². The smallest absolute Gasteiger partial charge is 0.126 e. The van der Waals surface area contributed by atoms with Crippen LogP contribution in [0, 0.1) is 11.8 Å². The summed E-state index contributed by atoms with van der Waals surface area (Å²) in [5.74, 6) is 1.82. The van der Waals surface area contributed by atoms with Crippen LogP contribution in [0.15, 0.2) is 12.4 Å². The van der Waals surface area contributed by atoms with Crippen molar-refractivity contribution in [1.82, 2.24) is 9.55 Å². The van der Waals surface area contributed by atoms with E-state index in [-0.39, 0.29) is 18.2 Å². The van der Waals surface area contributed by atoms with Crippen LogP contribution < -0.4 is 5.73 Å². The fraction of sp³-hybridized carbons (Fsp3) is 0.786. The van der Waals surface area contributed by atoms with Crippen molar-refractivity contribution in [1.29, 1.82) is 0 Å². The van der Waals surface area contributed by atoms with Gasteiger partial charge in [0.25, 0.3) is 0 Å². The molecule has 1 aromatic heterocycles. The van der Waals surface area contributed by atoms with E-state index < -0.39 is 0 Å². The van der Waals surface area contributed by atoms with Gasteiger partial charge in [0.2, 0.25) is 0 Å². The highest BCUT2D eigenvalue weighted by molar-refractivity contribution is 5.04. The molecule has 1 aliphatic rings. The van der Waals surface area contributed by atoms with Gasteiger partial charge in [-0.15, -0.1) is 0 Å². The lowest BCUT2D eigenvalue weighted by molar-refractivity contribution is 0.0485. The van der Waals surface area contributed by atoms with Crippen molar-refractivity contribution in [3.8, 4) is 0 Å². The molecule has 1 fully saturated rings. The first-order valence-electron chi connectivity index (χ1n) is 6.98. The number of rotatable bonds is 4. The molecule has 0 amide bonds. The summed E-state index contributed by atoms with van der Waals surface area (Å²) in [6.45, 7) is 9.63. The summed E-state index contributed by atoms with van der Waals surface area (Å²) in [5, 5.41) is 0. The lowest BCUT2D eigenvalue weighted by Crippen LogP contribution is -2.32. The second-order valence-corrected chi connectivity index (χ2v) is 5.49. The molecule has 1 saturated heterocycles. The first-order chi connectivity index (χ1) is 8.56. The molecule has 102 valence electrons. The van der Waals surface area contributed by atoms with Gasteiger partial charge in [0.1, 0.15) is 5.82 Å². The lowest BCUT2D eigenvalue weighted by atomic mass is 9.83. The largest absolute Gasteiger partial charge is 0.375 e. The Morgan fingerprint density at radius 1 is 1.39 bits per heavy atom. The summed E-state index contributed by atoms with van der Waals surface area (Å²) in [5.41, 5.74) is 6.46. The molecule has 1 aliphatic heterocycles. The second-order valence-electron chi connectivity index (χ2n) is 5.49. The topological polar surface area (TPSA) is 53.1 Å². The molecule has 2 rings (SSSR count). The number of hydrogen-bond acceptors (Lipinski definition) is 3. The highest BCUT2D eigenvalue weighted by Gasteiger charge is 2.42. The van der Waals surface area contributed by atoms with Crippen LogP contribution in [0.25, 0.3) is 0 Å². The second kappa shape index (κ2) is 5.41. The van der Waals surface area contributed by atoms with Gasteiger partial charge in [-0.3, -0.25) is 0 Å². The number of hydrogen-bond donors (Lipinski definition) is 1. The predicted octanol–water partition coefficient (Wildman–Crippen LogP) is 2.35. The van der Waals surface area contributed by atoms with Gasteiger partial charge < -0.3 is 15.0 Å². The Morgan fingerprint density at radius 2 is 2.11 bits per heavy atom. The maximum Gasteiger partial charge on any atom is 0.126 e. The van der Waals surface area contributed by atoms with Crippen molar-refractivity contribution < 1.29 is 4.74 Å². The fourth-order valence-electron chi connectivity index (χ4n) is 3.13. The van der Waals surface area contributed by atoms with Crippen LogP contribution in [0.1, 0.15) is 46.0 Å². The Morgan fingerprint density at radius 3 is 2.67 bits per heavy atom. The molecule has 2 heterocycles. The van der Waals surface area contributed by atoms with Gasteiger partial charge in [0, 0.05) is 24.9 Å². The SMILES string of the molecule is CCCn1ccnc1C(N)C1C(C)OC(C)C1C. The average Bonchev–Trinajstić information content (AvgIpc) is 2.86. The maximum absolute atomic E-state index is 6.46. The molecular weight excluding hydrogens is 226 g/mol. The van der Waals surface area contributed by atoms with E-state index in [9.17, 15) is 0 Å². The average molecular weight is 251 g/mol. The quantitative estimate of drug-likeness (QED) is 0.893.